The quantitative estimate of drug-likeness (QED) is 0.639. The number of para-hydroxylation sites is 1. The van der Waals surface area contributed by atoms with Crippen LogP contribution in [0.5, 0.6) is 0 Å². The van der Waals surface area contributed by atoms with Crippen molar-refractivity contribution in [3.63, 3.8) is 0 Å². The summed E-state index contributed by atoms with van der Waals surface area (Å²) >= 11 is 0. The summed E-state index contributed by atoms with van der Waals surface area (Å²) in [6, 6.07) is 5.49. The van der Waals surface area contributed by atoms with Gasteiger partial charge in [0.15, 0.2) is 0 Å². The molecule has 5 heteroatoms. The Morgan fingerprint density at radius 2 is 2.40 bits per heavy atom. The largest absolute Gasteiger partial charge is 0.462 e. The molecule has 1 aliphatic heterocycles. The molecule has 0 radical (unpaired) electrons. The highest BCUT2D eigenvalue weighted by Crippen LogP contribution is 2.26. The number of anilines is 2. The molecule has 0 bridgehead atoms. The molecule has 1 saturated heterocycles. The van der Waals surface area contributed by atoms with Crippen LogP contribution in [-0.4, -0.2) is 31.3 Å². The van der Waals surface area contributed by atoms with E-state index in [1.165, 1.54) is 0 Å². The first kappa shape index (κ1) is 14.7. The van der Waals surface area contributed by atoms with Gasteiger partial charge in [-0.25, -0.2) is 4.79 Å². The van der Waals surface area contributed by atoms with Gasteiger partial charge in [0, 0.05) is 12.6 Å². The number of ether oxygens (including phenoxy) is 2. The SMILES string of the molecule is CCOC(=O)c1cccc(NC(C)C2CCCO2)c1N. The Kier molecular flexibility index (Phi) is 4.84. The fourth-order valence-corrected chi connectivity index (χ4v) is 2.41. The van der Waals surface area contributed by atoms with E-state index in [2.05, 4.69) is 12.2 Å². The van der Waals surface area contributed by atoms with Gasteiger partial charge in [-0.05, 0) is 38.8 Å². The predicted octanol–water partition coefficient (Wildman–Crippen LogP) is 2.42. The van der Waals surface area contributed by atoms with Gasteiger partial charge in [-0.2, -0.15) is 0 Å². The number of nitrogens with two attached hydrogens (primary N) is 1. The highest BCUT2D eigenvalue weighted by molar-refractivity contribution is 5.98. The van der Waals surface area contributed by atoms with Gasteiger partial charge in [-0.3, -0.25) is 0 Å². The Hall–Kier alpha value is -1.75. The molecule has 1 aromatic carbocycles. The first-order valence-corrected chi connectivity index (χ1v) is 7.07. The van der Waals surface area contributed by atoms with E-state index in [4.69, 9.17) is 15.2 Å². The third kappa shape index (κ3) is 3.22. The first-order chi connectivity index (χ1) is 9.63. The van der Waals surface area contributed by atoms with Crippen LogP contribution in [0.15, 0.2) is 18.2 Å². The van der Waals surface area contributed by atoms with E-state index >= 15 is 0 Å². The molecule has 3 N–H and O–H groups in total. The van der Waals surface area contributed by atoms with Gasteiger partial charge in [0.1, 0.15) is 0 Å². The highest BCUT2D eigenvalue weighted by Gasteiger charge is 2.23. The van der Waals surface area contributed by atoms with Crippen molar-refractivity contribution in [3.8, 4) is 0 Å². The van der Waals surface area contributed by atoms with Crippen LogP contribution in [-0.2, 0) is 9.47 Å². The summed E-state index contributed by atoms with van der Waals surface area (Å²) in [5, 5.41) is 3.33. The van der Waals surface area contributed by atoms with Crippen molar-refractivity contribution in [1.29, 1.82) is 0 Å². The summed E-state index contributed by atoms with van der Waals surface area (Å²) in [6.07, 6.45) is 2.33. The molecule has 2 rings (SSSR count). The molecule has 1 fully saturated rings. The Morgan fingerprint density at radius 3 is 3.05 bits per heavy atom. The van der Waals surface area contributed by atoms with Crippen molar-refractivity contribution in [1.82, 2.24) is 0 Å². The smallest absolute Gasteiger partial charge is 0.340 e. The molecule has 0 spiro atoms. The van der Waals surface area contributed by atoms with Crippen molar-refractivity contribution in [2.45, 2.75) is 38.8 Å². The maximum Gasteiger partial charge on any atom is 0.340 e. The second-order valence-corrected chi connectivity index (χ2v) is 4.97. The first-order valence-electron chi connectivity index (χ1n) is 7.07. The van der Waals surface area contributed by atoms with E-state index in [1.54, 1.807) is 19.1 Å². The number of rotatable bonds is 5. The molecule has 1 aromatic rings. The van der Waals surface area contributed by atoms with Crippen molar-refractivity contribution >= 4 is 17.3 Å². The molecule has 2 unspecified atom stereocenters. The predicted molar refractivity (Wildman–Crippen MR) is 78.9 cm³/mol. The van der Waals surface area contributed by atoms with Crippen LogP contribution < -0.4 is 11.1 Å². The summed E-state index contributed by atoms with van der Waals surface area (Å²) in [4.78, 5) is 11.8. The lowest BCUT2D eigenvalue weighted by molar-refractivity contribution is 0.0527. The van der Waals surface area contributed by atoms with Crippen LogP contribution in [0.2, 0.25) is 0 Å². The van der Waals surface area contributed by atoms with Crippen LogP contribution in [0.1, 0.15) is 37.0 Å². The number of nitrogen functional groups attached to an aromatic ring is 1. The minimum absolute atomic E-state index is 0.150. The van der Waals surface area contributed by atoms with Crippen LogP contribution in [0.3, 0.4) is 0 Å². The lowest BCUT2D eigenvalue weighted by Gasteiger charge is -2.22. The zero-order valence-corrected chi connectivity index (χ0v) is 12.0. The molecule has 20 heavy (non-hydrogen) atoms. The van der Waals surface area contributed by atoms with Crippen molar-refractivity contribution < 1.29 is 14.3 Å². The Balaban J connectivity index is 2.11. The number of carbonyl (C=O) groups is 1. The third-order valence-corrected chi connectivity index (χ3v) is 3.51. The second-order valence-electron chi connectivity index (χ2n) is 4.97. The molecule has 1 aliphatic rings. The number of hydrogen-bond acceptors (Lipinski definition) is 5. The minimum atomic E-state index is -0.390. The van der Waals surface area contributed by atoms with Crippen LogP contribution >= 0.6 is 0 Å². The lowest BCUT2D eigenvalue weighted by atomic mass is 10.1. The second kappa shape index (κ2) is 6.61. The number of carbonyl (C=O) groups excluding carboxylic acids is 1. The summed E-state index contributed by atoms with van der Waals surface area (Å²) < 4.78 is 10.6. The van der Waals surface area contributed by atoms with Gasteiger partial charge >= 0.3 is 5.97 Å². The number of nitrogens with one attached hydrogen (secondary N) is 1. The summed E-state index contributed by atoms with van der Waals surface area (Å²) in [5.74, 6) is -0.390. The zero-order valence-electron chi connectivity index (χ0n) is 12.0. The highest BCUT2D eigenvalue weighted by atomic mass is 16.5. The summed E-state index contributed by atoms with van der Waals surface area (Å²) in [6.45, 7) is 4.99. The molecule has 110 valence electrons. The zero-order chi connectivity index (χ0) is 14.5. The molecule has 2 atom stereocenters. The lowest BCUT2D eigenvalue weighted by Crippen LogP contribution is -2.30. The average molecular weight is 278 g/mol. The number of benzene rings is 1. The summed E-state index contributed by atoms with van der Waals surface area (Å²) in [7, 11) is 0. The maximum atomic E-state index is 11.8. The van der Waals surface area contributed by atoms with Crippen LogP contribution in [0, 0.1) is 0 Å². The van der Waals surface area contributed by atoms with Crippen molar-refractivity contribution in [2.75, 3.05) is 24.3 Å². The Labute approximate surface area is 119 Å². The van der Waals surface area contributed by atoms with E-state index in [1.807, 2.05) is 6.07 Å². The van der Waals surface area contributed by atoms with Gasteiger partial charge in [0.25, 0.3) is 0 Å². The van der Waals surface area contributed by atoms with Gasteiger partial charge in [0.2, 0.25) is 0 Å². The average Bonchev–Trinajstić information content (AvgIpc) is 2.95. The Morgan fingerprint density at radius 1 is 1.60 bits per heavy atom. The molecule has 0 aliphatic carbocycles. The van der Waals surface area contributed by atoms with Gasteiger partial charge in [0.05, 0.1) is 29.6 Å². The van der Waals surface area contributed by atoms with Gasteiger partial charge < -0.3 is 20.5 Å². The Bertz CT molecular complexity index is 470. The summed E-state index contributed by atoms with van der Waals surface area (Å²) in [5.41, 5.74) is 7.63. The van der Waals surface area contributed by atoms with E-state index in [-0.39, 0.29) is 12.1 Å². The number of hydrogen-bond donors (Lipinski definition) is 2. The molecular formula is C15H22N2O3. The molecule has 1 heterocycles. The fourth-order valence-electron chi connectivity index (χ4n) is 2.41. The van der Waals surface area contributed by atoms with E-state index in [0.29, 0.717) is 17.9 Å². The monoisotopic (exact) mass is 278 g/mol. The molecule has 0 saturated carbocycles. The minimum Gasteiger partial charge on any atom is -0.462 e. The van der Waals surface area contributed by atoms with Gasteiger partial charge in [-0.15, -0.1) is 0 Å². The standard InChI is InChI=1S/C15H22N2O3/c1-3-19-15(18)11-6-4-7-12(14(11)16)17-10(2)13-8-5-9-20-13/h4,6-7,10,13,17H,3,5,8-9,16H2,1-2H3. The normalized spacial score (nSPS) is 19.6. The van der Waals surface area contributed by atoms with E-state index in [9.17, 15) is 4.79 Å². The van der Waals surface area contributed by atoms with E-state index < -0.39 is 5.97 Å². The third-order valence-electron chi connectivity index (χ3n) is 3.51. The van der Waals surface area contributed by atoms with E-state index in [0.717, 1.165) is 25.1 Å². The topological polar surface area (TPSA) is 73.6 Å². The van der Waals surface area contributed by atoms with Crippen LogP contribution in [0.4, 0.5) is 11.4 Å². The van der Waals surface area contributed by atoms with Crippen LogP contribution in [0.25, 0.3) is 0 Å². The van der Waals surface area contributed by atoms with Crippen molar-refractivity contribution in [3.05, 3.63) is 23.8 Å². The van der Waals surface area contributed by atoms with Gasteiger partial charge in [-0.1, -0.05) is 6.07 Å². The maximum absolute atomic E-state index is 11.8. The molecule has 0 amide bonds. The molecular weight excluding hydrogens is 256 g/mol. The number of esters is 1. The fraction of sp³-hybridized carbons (Fsp3) is 0.533. The van der Waals surface area contributed by atoms with Crippen molar-refractivity contribution in [2.24, 2.45) is 0 Å². The molecule has 0 aromatic heterocycles. The molecule has 5 nitrogen and oxygen atoms in total.